The van der Waals surface area contributed by atoms with E-state index in [4.69, 9.17) is 4.98 Å². The van der Waals surface area contributed by atoms with Crippen LogP contribution in [0.4, 0.5) is 0 Å². The first kappa shape index (κ1) is 13.5. The Bertz CT molecular complexity index is 483. The SMILES string of the molecule is Cc1nc(C)c2c(c1C)C(C)N(C(C)(C)C)C2C. The highest BCUT2D eigenvalue weighted by Crippen LogP contribution is 2.48. The molecule has 2 heteroatoms. The van der Waals surface area contributed by atoms with Gasteiger partial charge in [-0.2, -0.15) is 0 Å². The second kappa shape index (κ2) is 4.06. The summed E-state index contributed by atoms with van der Waals surface area (Å²) in [7, 11) is 0. The van der Waals surface area contributed by atoms with Crippen LogP contribution in [0.1, 0.15) is 74.8 Å². The fourth-order valence-electron chi connectivity index (χ4n) is 3.83. The molecule has 0 aliphatic carbocycles. The van der Waals surface area contributed by atoms with Crippen molar-refractivity contribution in [3.8, 4) is 0 Å². The van der Waals surface area contributed by atoms with Crippen LogP contribution in [-0.4, -0.2) is 15.4 Å². The zero-order valence-electron chi connectivity index (χ0n) is 13.0. The van der Waals surface area contributed by atoms with Gasteiger partial charge < -0.3 is 0 Å². The third-order valence-electron chi connectivity index (χ3n) is 4.41. The van der Waals surface area contributed by atoms with Crippen molar-refractivity contribution in [2.45, 2.75) is 73.0 Å². The number of nitrogens with zero attached hydrogens (tertiary/aromatic N) is 2. The van der Waals surface area contributed by atoms with Gasteiger partial charge in [-0.1, -0.05) is 0 Å². The minimum absolute atomic E-state index is 0.185. The van der Waals surface area contributed by atoms with Crippen molar-refractivity contribution >= 4 is 0 Å². The van der Waals surface area contributed by atoms with E-state index in [0.717, 1.165) is 0 Å². The van der Waals surface area contributed by atoms with Crippen molar-refractivity contribution in [1.29, 1.82) is 0 Å². The molecule has 2 atom stereocenters. The number of hydrogen-bond acceptors (Lipinski definition) is 2. The van der Waals surface area contributed by atoms with Gasteiger partial charge in [0.1, 0.15) is 0 Å². The topological polar surface area (TPSA) is 16.1 Å². The van der Waals surface area contributed by atoms with Gasteiger partial charge in [0.25, 0.3) is 0 Å². The Kier molecular flexibility index (Phi) is 3.05. The Balaban J connectivity index is 2.66. The van der Waals surface area contributed by atoms with Crippen molar-refractivity contribution in [3.63, 3.8) is 0 Å². The zero-order chi connectivity index (χ0) is 13.8. The summed E-state index contributed by atoms with van der Waals surface area (Å²) in [6.45, 7) is 18.1. The highest BCUT2D eigenvalue weighted by molar-refractivity contribution is 5.46. The first-order chi connectivity index (χ1) is 8.16. The van der Waals surface area contributed by atoms with Gasteiger partial charge >= 0.3 is 0 Å². The average molecular weight is 246 g/mol. The molecule has 0 amide bonds. The molecule has 0 saturated heterocycles. The highest BCUT2D eigenvalue weighted by Gasteiger charge is 2.41. The van der Waals surface area contributed by atoms with Crippen molar-refractivity contribution < 1.29 is 0 Å². The fourth-order valence-corrected chi connectivity index (χ4v) is 3.83. The van der Waals surface area contributed by atoms with Crippen molar-refractivity contribution in [2.24, 2.45) is 0 Å². The Morgan fingerprint density at radius 2 is 1.39 bits per heavy atom. The molecule has 0 spiro atoms. The monoisotopic (exact) mass is 246 g/mol. The molecule has 1 aliphatic heterocycles. The quantitative estimate of drug-likeness (QED) is 0.680. The Labute approximate surface area is 111 Å². The molecule has 0 saturated carbocycles. The number of aryl methyl sites for hydroxylation is 2. The largest absolute Gasteiger partial charge is 0.285 e. The maximum Gasteiger partial charge on any atom is 0.0427 e. The van der Waals surface area contributed by atoms with Gasteiger partial charge in [-0.3, -0.25) is 9.88 Å². The Morgan fingerprint density at radius 3 is 1.89 bits per heavy atom. The lowest BCUT2D eigenvalue weighted by molar-refractivity contribution is 0.0669. The second-order valence-electron chi connectivity index (χ2n) is 6.67. The third kappa shape index (κ3) is 1.78. The van der Waals surface area contributed by atoms with Crippen LogP contribution in [0, 0.1) is 20.8 Å². The zero-order valence-corrected chi connectivity index (χ0v) is 13.0. The number of pyridine rings is 1. The van der Waals surface area contributed by atoms with E-state index in [1.54, 1.807) is 0 Å². The summed E-state index contributed by atoms with van der Waals surface area (Å²) in [4.78, 5) is 7.33. The minimum Gasteiger partial charge on any atom is -0.285 e. The van der Waals surface area contributed by atoms with Crippen LogP contribution in [0.25, 0.3) is 0 Å². The van der Waals surface area contributed by atoms with Gasteiger partial charge in [-0.05, 0) is 72.1 Å². The van der Waals surface area contributed by atoms with Crippen LogP contribution in [0.15, 0.2) is 0 Å². The summed E-state index contributed by atoms with van der Waals surface area (Å²) in [5.74, 6) is 0. The van der Waals surface area contributed by atoms with E-state index >= 15 is 0 Å². The van der Waals surface area contributed by atoms with Crippen LogP contribution in [0.5, 0.6) is 0 Å². The number of aromatic nitrogens is 1. The van der Waals surface area contributed by atoms with E-state index in [9.17, 15) is 0 Å². The van der Waals surface area contributed by atoms with Crippen LogP contribution in [-0.2, 0) is 0 Å². The van der Waals surface area contributed by atoms with Crippen LogP contribution in [0.3, 0.4) is 0 Å². The lowest BCUT2D eigenvalue weighted by Gasteiger charge is -2.39. The maximum absolute atomic E-state index is 4.72. The molecular formula is C16H26N2. The molecule has 0 fully saturated rings. The Hall–Kier alpha value is -0.890. The molecule has 2 rings (SSSR count). The Morgan fingerprint density at radius 1 is 0.889 bits per heavy atom. The fraction of sp³-hybridized carbons (Fsp3) is 0.688. The normalized spacial score (nSPS) is 24.4. The lowest BCUT2D eigenvalue weighted by atomic mass is 9.96. The van der Waals surface area contributed by atoms with E-state index in [1.807, 2.05) is 0 Å². The van der Waals surface area contributed by atoms with Crippen molar-refractivity contribution in [2.75, 3.05) is 0 Å². The molecule has 0 aromatic carbocycles. The molecule has 2 unspecified atom stereocenters. The van der Waals surface area contributed by atoms with Crippen molar-refractivity contribution in [3.05, 3.63) is 28.1 Å². The molecular weight excluding hydrogens is 220 g/mol. The predicted molar refractivity (Wildman–Crippen MR) is 76.9 cm³/mol. The molecule has 100 valence electrons. The number of fused-ring (bicyclic) bond motifs is 1. The van der Waals surface area contributed by atoms with E-state index in [0.29, 0.717) is 12.1 Å². The average Bonchev–Trinajstić information content (AvgIpc) is 2.46. The molecule has 0 N–H and O–H groups in total. The van der Waals surface area contributed by atoms with Gasteiger partial charge in [0.05, 0.1) is 0 Å². The first-order valence-corrected chi connectivity index (χ1v) is 6.92. The van der Waals surface area contributed by atoms with E-state index in [1.165, 1.54) is 28.1 Å². The van der Waals surface area contributed by atoms with Crippen LogP contribution >= 0.6 is 0 Å². The maximum atomic E-state index is 4.72. The van der Waals surface area contributed by atoms with Gasteiger partial charge in [-0.25, -0.2) is 0 Å². The number of hydrogen-bond donors (Lipinski definition) is 0. The van der Waals surface area contributed by atoms with Crippen molar-refractivity contribution in [1.82, 2.24) is 9.88 Å². The molecule has 1 aromatic rings. The van der Waals surface area contributed by atoms with Gasteiger partial charge in [0.2, 0.25) is 0 Å². The summed E-state index contributed by atoms with van der Waals surface area (Å²) >= 11 is 0. The van der Waals surface area contributed by atoms with Gasteiger partial charge in [0, 0.05) is 29.0 Å². The lowest BCUT2D eigenvalue weighted by Crippen LogP contribution is -2.40. The molecule has 0 radical (unpaired) electrons. The van der Waals surface area contributed by atoms with Crippen LogP contribution in [0.2, 0.25) is 0 Å². The molecule has 2 nitrogen and oxygen atoms in total. The summed E-state index contributed by atoms with van der Waals surface area (Å²) in [6.07, 6.45) is 0. The summed E-state index contributed by atoms with van der Waals surface area (Å²) in [5.41, 5.74) is 6.93. The molecule has 18 heavy (non-hydrogen) atoms. The van der Waals surface area contributed by atoms with E-state index in [2.05, 4.69) is 60.3 Å². The number of rotatable bonds is 0. The second-order valence-corrected chi connectivity index (χ2v) is 6.67. The summed E-state index contributed by atoms with van der Waals surface area (Å²) in [6, 6.07) is 0.942. The predicted octanol–water partition coefficient (Wildman–Crippen LogP) is 4.24. The summed E-state index contributed by atoms with van der Waals surface area (Å²) in [5, 5.41) is 0. The first-order valence-electron chi connectivity index (χ1n) is 6.92. The standard InChI is InChI=1S/C16H26N2/c1-9-10(2)17-11(3)15-13(5)18(16(6,7)8)12(4)14(9)15/h12-13H,1-8H3. The third-order valence-corrected chi connectivity index (χ3v) is 4.41. The molecule has 0 bridgehead atoms. The summed E-state index contributed by atoms with van der Waals surface area (Å²) < 4.78 is 0. The molecule has 1 aliphatic rings. The van der Waals surface area contributed by atoms with E-state index in [-0.39, 0.29) is 5.54 Å². The minimum atomic E-state index is 0.185. The smallest absolute Gasteiger partial charge is 0.0427 e. The highest BCUT2D eigenvalue weighted by atomic mass is 15.3. The van der Waals surface area contributed by atoms with E-state index < -0.39 is 0 Å². The molecule has 1 aromatic heterocycles. The van der Waals surface area contributed by atoms with Crippen LogP contribution < -0.4 is 0 Å². The molecule has 2 heterocycles. The van der Waals surface area contributed by atoms with Gasteiger partial charge in [0.15, 0.2) is 0 Å². The van der Waals surface area contributed by atoms with Gasteiger partial charge in [-0.15, -0.1) is 0 Å².